The summed E-state index contributed by atoms with van der Waals surface area (Å²) in [5, 5.41) is -0.778. The Morgan fingerprint density at radius 2 is 2.00 bits per heavy atom. The minimum absolute atomic E-state index is 0.0276. The van der Waals surface area contributed by atoms with Gasteiger partial charge in [-0.05, 0) is 40.4 Å². The molecule has 0 aliphatic heterocycles. The molecule has 2 atom stereocenters. The normalized spacial score (nSPS) is 15.8. The van der Waals surface area contributed by atoms with Crippen molar-refractivity contribution in [3.63, 3.8) is 0 Å². The lowest BCUT2D eigenvalue weighted by Crippen LogP contribution is -2.45. The van der Waals surface area contributed by atoms with Crippen LogP contribution in [0.15, 0.2) is 0 Å². The largest absolute Gasteiger partial charge is 0.392 e. The van der Waals surface area contributed by atoms with E-state index in [1.807, 2.05) is 25.9 Å². The number of thiocarbonyl (C=S) groups is 1. The summed E-state index contributed by atoms with van der Waals surface area (Å²) in [5.41, 5.74) is 5.44. The monoisotopic (exact) mass is 281 g/mol. The maximum Gasteiger partial charge on any atom is 0.221 e. The molecular formula is C10H23N3O2S2. The van der Waals surface area contributed by atoms with Gasteiger partial charge in [-0.1, -0.05) is 19.1 Å². The Bertz CT molecular complexity index is 341. The fourth-order valence-electron chi connectivity index (χ4n) is 1.45. The van der Waals surface area contributed by atoms with Crippen LogP contribution in [0.2, 0.25) is 0 Å². The van der Waals surface area contributed by atoms with E-state index in [1.54, 1.807) is 6.92 Å². The second-order valence-corrected chi connectivity index (χ2v) is 6.82. The molecule has 0 heterocycles. The zero-order valence-electron chi connectivity index (χ0n) is 10.9. The first-order valence-corrected chi connectivity index (χ1v) is 7.61. The molecule has 0 aliphatic rings. The molecule has 0 aromatic rings. The Balaban J connectivity index is 4.48. The van der Waals surface area contributed by atoms with Gasteiger partial charge in [-0.2, -0.15) is 0 Å². The number of nitrogens with one attached hydrogen (secondary N) is 1. The van der Waals surface area contributed by atoms with Gasteiger partial charge in [0.2, 0.25) is 10.0 Å². The predicted octanol–water partition coefficient (Wildman–Crippen LogP) is 0.311. The fourth-order valence-corrected chi connectivity index (χ4v) is 3.58. The molecule has 0 rings (SSSR count). The molecule has 0 fully saturated rings. The number of hydrogen-bond donors (Lipinski definition) is 2. The minimum atomic E-state index is -3.45. The maximum absolute atomic E-state index is 12.0. The number of rotatable bonds is 8. The lowest BCUT2D eigenvalue weighted by atomic mass is 10.2. The molecule has 0 aliphatic carbocycles. The van der Waals surface area contributed by atoms with E-state index in [2.05, 4.69) is 4.72 Å². The van der Waals surface area contributed by atoms with Crippen LogP contribution in [-0.2, 0) is 10.0 Å². The van der Waals surface area contributed by atoms with Crippen molar-refractivity contribution in [2.24, 2.45) is 5.73 Å². The lowest BCUT2D eigenvalue weighted by molar-refractivity contribution is 0.378. The highest BCUT2D eigenvalue weighted by molar-refractivity contribution is 7.93. The van der Waals surface area contributed by atoms with E-state index >= 15 is 0 Å². The SMILES string of the molecule is CCC(C(N)=S)S(=O)(=O)NC(C)CCN(C)C. The van der Waals surface area contributed by atoms with Crippen molar-refractivity contribution in [2.45, 2.75) is 38.0 Å². The Hall–Kier alpha value is -0.240. The van der Waals surface area contributed by atoms with Crippen LogP contribution in [0.5, 0.6) is 0 Å². The summed E-state index contributed by atoms with van der Waals surface area (Å²) in [7, 11) is 0.445. The Morgan fingerprint density at radius 1 is 1.47 bits per heavy atom. The van der Waals surface area contributed by atoms with Gasteiger partial charge in [0.1, 0.15) is 5.25 Å². The number of nitrogens with two attached hydrogens (primary N) is 1. The summed E-state index contributed by atoms with van der Waals surface area (Å²) in [6.07, 6.45) is 1.14. The van der Waals surface area contributed by atoms with Crippen LogP contribution in [0.25, 0.3) is 0 Å². The zero-order chi connectivity index (χ0) is 13.6. The molecule has 0 amide bonds. The van der Waals surface area contributed by atoms with Gasteiger partial charge < -0.3 is 10.6 Å². The van der Waals surface area contributed by atoms with Gasteiger partial charge in [-0.15, -0.1) is 0 Å². The molecule has 7 heteroatoms. The topological polar surface area (TPSA) is 75.4 Å². The van der Waals surface area contributed by atoms with Crippen LogP contribution >= 0.6 is 12.2 Å². The van der Waals surface area contributed by atoms with Gasteiger partial charge in [0, 0.05) is 6.04 Å². The van der Waals surface area contributed by atoms with Crippen LogP contribution in [0, 0.1) is 0 Å². The van der Waals surface area contributed by atoms with Crippen LogP contribution in [0.1, 0.15) is 26.7 Å². The molecule has 0 aromatic heterocycles. The van der Waals surface area contributed by atoms with Crippen molar-refractivity contribution in [3.05, 3.63) is 0 Å². The third-order valence-corrected chi connectivity index (χ3v) is 4.94. The maximum atomic E-state index is 12.0. The standard InChI is InChI=1S/C10H23N3O2S2/c1-5-9(10(11)16)17(14,15)12-8(2)6-7-13(3)4/h8-9,12H,5-7H2,1-4H3,(H2,11,16). The van der Waals surface area contributed by atoms with Crippen LogP contribution in [-0.4, -0.2) is 50.2 Å². The van der Waals surface area contributed by atoms with E-state index in [-0.39, 0.29) is 11.0 Å². The third kappa shape index (κ3) is 6.30. The molecule has 0 radical (unpaired) electrons. The van der Waals surface area contributed by atoms with Crippen molar-refractivity contribution in [2.75, 3.05) is 20.6 Å². The molecule has 102 valence electrons. The average molecular weight is 281 g/mol. The van der Waals surface area contributed by atoms with E-state index in [9.17, 15) is 8.42 Å². The molecule has 0 saturated carbocycles. The van der Waals surface area contributed by atoms with Gasteiger partial charge in [0.25, 0.3) is 0 Å². The van der Waals surface area contributed by atoms with E-state index in [0.717, 1.165) is 13.0 Å². The summed E-state index contributed by atoms with van der Waals surface area (Å²) in [4.78, 5) is 2.04. The summed E-state index contributed by atoms with van der Waals surface area (Å²) in [5.74, 6) is 0. The Morgan fingerprint density at radius 3 is 2.35 bits per heavy atom. The molecule has 0 saturated heterocycles. The first kappa shape index (κ1) is 16.8. The van der Waals surface area contributed by atoms with Crippen molar-refractivity contribution in [1.29, 1.82) is 0 Å². The summed E-state index contributed by atoms with van der Waals surface area (Å²) in [6, 6.07) is -0.120. The van der Waals surface area contributed by atoms with Gasteiger partial charge >= 0.3 is 0 Å². The number of nitrogens with zero attached hydrogens (tertiary/aromatic N) is 1. The molecule has 5 nitrogen and oxygen atoms in total. The highest BCUT2D eigenvalue weighted by atomic mass is 32.2. The van der Waals surface area contributed by atoms with Crippen molar-refractivity contribution in [3.8, 4) is 0 Å². The minimum Gasteiger partial charge on any atom is -0.392 e. The first-order chi connectivity index (χ1) is 7.70. The molecule has 0 bridgehead atoms. The predicted molar refractivity (Wildman–Crippen MR) is 75.6 cm³/mol. The highest BCUT2D eigenvalue weighted by Gasteiger charge is 2.27. The third-order valence-electron chi connectivity index (χ3n) is 2.44. The second-order valence-electron chi connectivity index (χ2n) is 4.46. The lowest BCUT2D eigenvalue weighted by Gasteiger charge is -2.20. The molecule has 2 unspecified atom stereocenters. The van der Waals surface area contributed by atoms with Crippen molar-refractivity contribution < 1.29 is 8.42 Å². The van der Waals surface area contributed by atoms with Gasteiger partial charge in [0.05, 0.1) is 4.99 Å². The average Bonchev–Trinajstić information content (AvgIpc) is 2.13. The molecule has 17 heavy (non-hydrogen) atoms. The Kier molecular flexibility index (Phi) is 7.15. The summed E-state index contributed by atoms with van der Waals surface area (Å²) < 4.78 is 26.6. The number of hydrogen-bond acceptors (Lipinski definition) is 4. The van der Waals surface area contributed by atoms with Crippen LogP contribution < -0.4 is 10.5 Å². The van der Waals surface area contributed by atoms with Gasteiger partial charge in [0.15, 0.2) is 0 Å². The smallest absolute Gasteiger partial charge is 0.221 e. The molecule has 3 N–H and O–H groups in total. The van der Waals surface area contributed by atoms with Crippen LogP contribution in [0.4, 0.5) is 0 Å². The van der Waals surface area contributed by atoms with E-state index in [4.69, 9.17) is 18.0 Å². The molecule has 0 spiro atoms. The summed E-state index contributed by atoms with van der Waals surface area (Å²) in [6.45, 7) is 4.43. The van der Waals surface area contributed by atoms with Gasteiger partial charge in [-0.25, -0.2) is 13.1 Å². The number of sulfonamides is 1. The molecular weight excluding hydrogens is 258 g/mol. The summed E-state index contributed by atoms with van der Waals surface area (Å²) >= 11 is 4.77. The van der Waals surface area contributed by atoms with E-state index in [1.165, 1.54) is 0 Å². The molecule has 0 aromatic carbocycles. The first-order valence-electron chi connectivity index (χ1n) is 5.65. The van der Waals surface area contributed by atoms with Crippen molar-refractivity contribution >= 4 is 27.2 Å². The van der Waals surface area contributed by atoms with Crippen molar-refractivity contribution in [1.82, 2.24) is 9.62 Å². The second kappa shape index (κ2) is 7.25. The van der Waals surface area contributed by atoms with Crippen LogP contribution in [0.3, 0.4) is 0 Å². The van der Waals surface area contributed by atoms with Gasteiger partial charge in [-0.3, -0.25) is 0 Å². The fraction of sp³-hybridized carbons (Fsp3) is 0.900. The Labute approximate surface area is 110 Å². The quantitative estimate of drug-likeness (QED) is 0.626. The van der Waals surface area contributed by atoms with E-state index < -0.39 is 15.3 Å². The van der Waals surface area contributed by atoms with E-state index in [0.29, 0.717) is 6.42 Å². The zero-order valence-corrected chi connectivity index (χ0v) is 12.6. The highest BCUT2D eigenvalue weighted by Crippen LogP contribution is 2.07.